The smallest absolute Gasteiger partial charge is 0.257 e. The number of fused-ring (bicyclic) bond motifs is 1. The van der Waals surface area contributed by atoms with Gasteiger partial charge < -0.3 is 4.90 Å². The lowest BCUT2D eigenvalue weighted by atomic mass is 9.96. The summed E-state index contributed by atoms with van der Waals surface area (Å²) in [7, 11) is 0. The van der Waals surface area contributed by atoms with Crippen molar-refractivity contribution in [2.45, 2.75) is 19.4 Å². The molecule has 0 unspecified atom stereocenters. The Morgan fingerprint density at radius 2 is 2.09 bits per heavy atom. The summed E-state index contributed by atoms with van der Waals surface area (Å²) in [5.74, 6) is 0.620. The number of amides is 1. The van der Waals surface area contributed by atoms with Gasteiger partial charge in [0.1, 0.15) is 12.7 Å². The van der Waals surface area contributed by atoms with Crippen molar-refractivity contribution < 1.29 is 4.79 Å². The number of likely N-dealkylation sites (tertiary alicyclic amines) is 1. The number of aromatic nitrogens is 5. The van der Waals surface area contributed by atoms with Crippen LogP contribution in [-0.2, 0) is 6.54 Å². The second kappa shape index (κ2) is 5.83. The van der Waals surface area contributed by atoms with Crippen molar-refractivity contribution in [2.75, 3.05) is 13.1 Å². The molecule has 1 saturated heterocycles. The van der Waals surface area contributed by atoms with Gasteiger partial charge in [-0.1, -0.05) is 6.07 Å². The number of pyridine rings is 1. The molecule has 7 heteroatoms. The molecule has 4 heterocycles. The molecule has 3 aromatic heterocycles. The highest BCUT2D eigenvalue weighted by atomic mass is 16.2. The number of hydrogen-bond acceptors (Lipinski definition) is 4. The quantitative estimate of drug-likeness (QED) is 0.735. The molecule has 1 aliphatic rings. The second-order valence-electron chi connectivity index (χ2n) is 5.94. The molecule has 0 spiro atoms. The summed E-state index contributed by atoms with van der Waals surface area (Å²) in [5, 5.41) is 8.40. The number of rotatable bonds is 3. The summed E-state index contributed by atoms with van der Waals surface area (Å²) >= 11 is 0. The van der Waals surface area contributed by atoms with Crippen molar-refractivity contribution in [3.8, 4) is 0 Å². The summed E-state index contributed by atoms with van der Waals surface area (Å²) in [6.45, 7) is 2.43. The van der Waals surface area contributed by atoms with Gasteiger partial charge in [-0.05, 0) is 30.9 Å². The van der Waals surface area contributed by atoms with Gasteiger partial charge in [0.25, 0.3) is 5.91 Å². The minimum Gasteiger partial charge on any atom is -0.339 e. The summed E-state index contributed by atoms with van der Waals surface area (Å²) in [4.78, 5) is 18.6. The molecule has 0 atom stereocenters. The van der Waals surface area contributed by atoms with Crippen LogP contribution in [0.3, 0.4) is 0 Å². The first-order valence-electron chi connectivity index (χ1n) is 7.85. The Kier molecular flexibility index (Phi) is 3.53. The van der Waals surface area contributed by atoms with E-state index in [4.69, 9.17) is 0 Å². The van der Waals surface area contributed by atoms with E-state index >= 15 is 0 Å². The summed E-state index contributed by atoms with van der Waals surface area (Å²) < 4.78 is 3.61. The molecule has 1 fully saturated rings. The summed E-state index contributed by atoms with van der Waals surface area (Å²) in [6.07, 6.45) is 8.81. The molecule has 0 radical (unpaired) electrons. The van der Waals surface area contributed by atoms with Gasteiger partial charge in [0.15, 0.2) is 0 Å². The Morgan fingerprint density at radius 3 is 2.87 bits per heavy atom. The van der Waals surface area contributed by atoms with Gasteiger partial charge in [-0.15, -0.1) is 0 Å². The Hall–Kier alpha value is -2.70. The van der Waals surface area contributed by atoms with E-state index in [-0.39, 0.29) is 5.91 Å². The number of carbonyl (C=O) groups excluding carboxylic acids is 1. The maximum absolute atomic E-state index is 12.7. The zero-order valence-electron chi connectivity index (χ0n) is 12.7. The fourth-order valence-electron chi connectivity index (χ4n) is 3.18. The van der Waals surface area contributed by atoms with Gasteiger partial charge in [-0.2, -0.15) is 10.2 Å². The van der Waals surface area contributed by atoms with Crippen LogP contribution in [0, 0.1) is 5.92 Å². The van der Waals surface area contributed by atoms with Crippen LogP contribution in [0.15, 0.2) is 43.2 Å². The SMILES string of the molecule is O=C(c1cnn2ccccc12)N1CCC(Cn2cncn2)CC1. The van der Waals surface area contributed by atoms with E-state index in [0.29, 0.717) is 11.5 Å². The average Bonchev–Trinajstić information content (AvgIpc) is 3.24. The fourth-order valence-corrected chi connectivity index (χ4v) is 3.18. The molecule has 7 nitrogen and oxygen atoms in total. The Bertz CT molecular complexity index is 801. The maximum Gasteiger partial charge on any atom is 0.257 e. The van der Waals surface area contributed by atoms with Crippen LogP contribution in [0.25, 0.3) is 5.52 Å². The Morgan fingerprint density at radius 1 is 1.22 bits per heavy atom. The first-order chi connectivity index (χ1) is 11.3. The normalized spacial score (nSPS) is 16.1. The number of piperidine rings is 1. The lowest BCUT2D eigenvalue weighted by Gasteiger charge is -2.31. The van der Waals surface area contributed by atoms with Crippen molar-refractivity contribution in [1.82, 2.24) is 29.3 Å². The minimum absolute atomic E-state index is 0.0744. The standard InChI is InChI=1S/C16H18N6O/c23-16(14-9-18-22-6-2-1-3-15(14)22)20-7-4-13(5-8-20)10-21-12-17-11-19-21/h1-3,6,9,11-13H,4-5,7-8,10H2. The van der Waals surface area contributed by atoms with Crippen LogP contribution in [0.1, 0.15) is 23.2 Å². The Labute approximate surface area is 133 Å². The van der Waals surface area contributed by atoms with Gasteiger partial charge in [-0.3, -0.25) is 9.48 Å². The molecular formula is C16H18N6O. The van der Waals surface area contributed by atoms with Crippen molar-refractivity contribution in [1.29, 1.82) is 0 Å². The highest BCUT2D eigenvalue weighted by molar-refractivity contribution is 6.00. The minimum atomic E-state index is 0.0744. The molecule has 0 aliphatic carbocycles. The van der Waals surface area contributed by atoms with Gasteiger partial charge in [0, 0.05) is 25.8 Å². The van der Waals surface area contributed by atoms with Crippen LogP contribution in [-0.4, -0.2) is 48.3 Å². The molecule has 118 valence electrons. The number of hydrogen-bond donors (Lipinski definition) is 0. The van der Waals surface area contributed by atoms with Gasteiger partial charge in [0.2, 0.25) is 0 Å². The molecule has 4 rings (SSSR count). The van der Waals surface area contributed by atoms with Crippen molar-refractivity contribution in [3.63, 3.8) is 0 Å². The van der Waals surface area contributed by atoms with E-state index in [1.54, 1.807) is 23.4 Å². The third-order valence-electron chi connectivity index (χ3n) is 4.47. The van der Waals surface area contributed by atoms with Gasteiger partial charge in [-0.25, -0.2) is 9.50 Å². The molecule has 0 saturated carbocycles. The fraction of sp³-hybridized carbons (Fsp3) is 0.375. The maximum atomic E-state index is 12.7. The first-order valence-corrected chi connectivity index (χ1v) is 7.85. The zero-order chi connectivity index (χ0) is 15.6. The van der Waals surface area contributed by atoms with E-state index in [0.717, 1.165) is 38.0 Å². The van der Waals surface area contributed by atoms with Crippen LogP contribution >= 0.6 is 0 Å². The van der Waals surface area contributed by atoms with E-state index in [1.165, 1.54) is 0 Å². The molecule has 0 bridgehead atoms. The predicted molar refractivity (Wildman–Crippen MR) is 83.8 cm³/mol. The lowest BCUT2D eigenvalue weighted by molar-refractivity contribution is 0.0683. The largest absolute Gasteiger partial charge is 0.339 e. The second-order valence-corrected chi connectivity index (χ2v) is 5.94. The van der Waals surface area contributed by atoms with E-state index in [1.807, 2.05) is 34.0 Å². The number of nitrogens with zero attached hydrogens (tertiary/aromatic N) is 6. The van der Waals surface area contributed by atoms with Crippen molar-refractivity contribution in [2.24, 2.45) is 5.92 Å². The van der Waals surface area contributed by atoms with E-state index in [2.05, 4.69) is 15.2 Å². The third kappa shape index (κ3) is 2.69. The van der Waals surface area contributed by atoms with Crippen molar-refractivity contribution >= 4 is 11.4 Å². The van der Waals surface area contributed by atoms with Crippen LogP contribution in [0.4, 0.5) is 0 Å². The van der Waals surface area contributed by atoms with Crippen LogP contribution < -0.4 is 0 Å². The third-order valence-corrected chi connectivity index (χ3v) is 4.47. The topological polar surface area (TPSA) is 68.3 Å². The van der Waals surface area contributed by atoms with Crippen LogP contribution in [0.5, 0.6) is 0 Å². The van der Waals surface area contributed by atoms with Gasteiger partial charge in [0.05, 0.1) is 17.3 Å². The van der Waals surface area contributed by atoms with E-state index in [9.17, 15) is 4.79 Å². The highest BCUT2D eigenvalue weighted by Crippen LogP contribution is 2.21. The molecule has 0 aromatic carbocycles. The first kappa shape index (κ1) is 13.9. The summed E-state index contributed by atoms with van der Waals surface area (Å²) in [5.41, 5.74) is 1.54. The zero-order valence-corrected chi connectivity index (χ0v) is 12.7. The number of carbonyl (C=O) groups is 1. The molecule has 0 N–H and O–H groups in total. The monoisotopic (exact) mass is 310 g/mol. The van der Waals surface area contributed by atoms with Crippen LogP contribution in [0.2, 0.25) is 0 Å². The molecule has 1 amide bonds. The molecule has 23 heavy (non-hydrogen) atoms. The van der Waals surface area contributed by atoms with Gasteiger partial charge >= 0.3 is 0 Å². The molecule has 3 aromatic rings. The van der Waals surface area contributed by atoms with E-state index < -0.39 is 0 Å². The summed E-state index contributed by atoms with van der Waals surface area (Å²) in [6, 6.07) is 5.76. The lowest BCUT2D eigenvalue weighted by Crippen LogP contribution is -2.39. The highest BCUT2D eigenvalue weighted by Gasteiger charge is 2.25. The van der Waals surface area contributed by atoms with Crippen molar-refractivity contribution in [3.05, 3.63) is 48.8 Å². The Balaban J connectivity index is 1.43. The predicted octanol–water partition coefficient (Wildman–Crippen LogP) is 1.48. The molecular weight excluding hydrogens is 292 g/mol. The molecule has 1 aliphatic heterocycles. The average molecular weight is 310 g/mol.